The summed E-state index contributed by atoms with van der Waals surface area (Å²) in [6, 6.07) is 1.35. The molecule has 0 amide bonds. The highest BCUT2D eigenvalue weighted by atomic mass is 16.6. The molecule has 6 nitrogen and oxygen atoms in total. The van der Waals surface area contributed by atoms with Gasteiger partial charge in [-0.15, -0.1) is 0 Å². The first-order valence-corrected chi connectivity index (χ1v) is 3.21. The minimum absolute atomic E-state index is 0.0220. The van der Waals surface area contributed by atoms with Gasteiger partial charge in [-0.25, -0.2) is 4.98 Å². The summed E-state index contributed by atoms with van der Waals surface area (Å²) in [5.74, 6) is 0. The van der Waals surface area contributed by atoms with E-state index in [1.54, 1.807) is 0 Å². The fraction of sp³-hybridized carbons (Fsp3) is 0. The van der Waals surface area contributed by atoms with Crippen LogP contribution in [0.25, 0.3) is 11.0 Å². The van der Waals surface area contributed by atoms with Crippen LogP contribution in [-0.4, -0.2) is 20.1 Å². The maximum Gasteiger partial charge on any atom is 0.283 e. The fourth-order valence-corrected chi connectivity index (χ4v) is 0.997. The summed E-state index contributed by atoms with van der Waals surface area (Å²) in [7, 11) is 0. The largest absolute Gasteiger partial charge is 0.283 e. The van der Waals surface area contributed by atoms with Crippen molar-refractivity contribution in [2.45, 2.75) is 0 Å². The monoisotopic (exact) mass is 164 g/mol. The van der Waals surface area contributed by atoms with Gasteiger partial charge in [0.25, 0.3) is 5.69 Å². The molecule has 0 aromatic carbocycles. The van der Waals surface area contributed by atoms with Crippen LogP contribution in [0.2, 0.25) is 0 Å². The molecule has 0 aliphatic carbocycles. The van der Waals surface area contributed by atoms with E-state index in [1.807, 2.05) is 0 Å². The van der Waals surface area contributed by atoms with Gasteiger partial charge in [-0.2, -0.15) is 5.10 Å². The van der Waals surface area contributed by atoms with E-state index in [4.69, 9.17) is 0 Å². The molecule has 6 heteroatoms. The van der Waals surface area contributed by atoms with Crippen molar-refractivity contribution in [3.05, 3.63) is 28.6 Å². The zero-order valence-corrected chi connectivity index (χ0v) is 5.89. The average molecular weight is 164 g/mol. The first-order chi connectivity index (χ1) is 5.79. The molecule has 2 aromatic rings. The van der Waals surface area contributed by atoms with E-state index in [-0.39, 0.29) is 5.69 Å². The lowest BCUT2D eigenvalue weighted by atomic mass is 10.3. The first kappa shape index (κ1) is 6.71. The van der Waals surface area contributed by atoms with Gasteiger partial charge < -0.3 is 0 Å². The molecule has 0 aliphatic rings. The van der Waals surface area contributed by atoms with Crippen molar-refractivity contribution in [1.29, 1.82) is 0 Å². The average Bonchev–Trinajstić information content (AvgIpc) is 2.49. The van der Waals surface area contributed by atoms with Crippen LogP contribution in [0.4, 0.5) is 5.69 Å². The van der Waals surface area contributed by atoms with Gasteiger partial charge in [-0.05, 0) is 0 Å². The second-order valence-electron chi connectivity index (χ2n) is 2.22. The second-order valence-corrected chi connectivity index (χ2v) is 2.22. The van der Waals surface area contributed by atoms with Gasteiger partial charge in [0.2, 0.25) is 0 Å². The molecule has 2 heterocycles. The van der Waals surface area contributed by atoms with Crippen LogP contribution in [0.5, 0.6) is 0 Å². The van der Waals surface area contributed by atoms with Gasteiger partial charge in [0.15, 0.2) is 5.65 Å². The molecule has 0 atom stereocenters. The molecule has 2 rings (SSSR count). The summed E-state index contributed by atoms with van der Waals surface area (Å²) in [5.41, 5.74) is 0.456. The van der Waals surface area contributed by atoms with Crippen LogP contribution < -0.4 is 0 Å². The number of nitro groups is 1. The summed E-state index contributed by atoms with van der Waals surface area (Å²) in [6.07, 6.45) is 2.76. The van der Waals surface area contributed by atoms with E-state index in [0.717, 1.165) is 0 Å². The normalized spacial score (nSPS) is 10.3. The molecule has 0 unspecified atom stereocenters. The minimum atomic E-state index is -0.459. The molecule has 1 N–H and O–H groups in total. The van der Waals surface area contributed by atoms with Crippen molar-refractivity contribution >= 4 is 16.7 Å². The van der Waals surface area contributed by atoms with Gasteiger partial charge in [-0.3, -0.25) is 15.2 Å². The van der Waals surface area contributed by atoms with Crippen LogP contribution in [0.3, 0.4) is 0 Å². The Morgan fingerprint density at radius 2 is 2.42 bits per heavy atom. The van der Waals surface area contributed by atoms with Crippen molar-refractivity contribution < 1.29 is 4.92 Å². The van der Waals surface area contributed by atoms with Crippen molar-refractivity contribution in [2.75, 3.05) is 0 Å². The smallest absolute Gasteiger partial charge is 0.261 e. The lowest BCUT2D eigenvalue weighted by molar-refractivity contribution is -0.383. The van der Waals surface area contributed by atoms with Gasteiger partial charge in [0, 0.05) is 12.3 Å². The second kappa shape index (κ2) is 2.26. The van der Waals surface area contributed by atoms with Crippen LogP contribution in [-0.2, 0) is 0 Å². The van der Waals surface area contributed by atoms with E-state index in [2.05, 4.69) is 15.2 Å². The summed E-state index contributed by atoms with van der Waals surface area (Å²) < 4.78 is 0. The molecule has 0 radical (unpaired) electrons. The van der Waals surface area contributed by atoms with Gasteiger partial charge in [0.05, 0.1) is 11.1 Å². The lowest BCUT2D eigenvalue weighted by Gasteiger charge is -1.89. The summed E-state index contributed by atoms with van der Waals surface area (Å²) in [4.78, 5) is 13.9. The summed E-state index contributed by atoms with van der Waals surface area (Å²) >= 11 is 0. The zero-order valence-electron chi connectivity index (χ0n) is 5.89. The zero-order chi connectivity index (χ0) is 8.55. The molecular formula is C6H4N4O2. The number of hydrogen-bond donors (Lipinski definition) is 1. The number of hydrogen-bond acceptors (Lipinski definition) is 4. The molecule has 0 saturated heterocycles. The SMILES string of the molecule is O=[N+]([O-])c1ccnc2[nH]ncc12. The topological polar surface area (TPSA) is 84.7 Å². The van der Waals surface area contributed by atoms with Gasteiger partial charge in [-0.1, -0.05) is 0 Å². The Kier molecular flexibility index (Phi) is 1.26. The minimum Gasteiger partial charge on any atom is -0.261 e. The highest BCUT2D eigenvalue weighted by molar-refractivity contribution is 5.83. The van der Waals surface area contributed by atoms with Gasteiger partial charge >= 0.3 is 0 Å². The van der Waals surface area contributed by atoms with Gasteiger partial charge in [0.1, 0.15) is 5.39 Å². The summed E-state index contributed by atoms with van der Waals surface area (Å²) in [6.45, 7) is 0. The standard InChI is InChI=1S/C6H4N4O2/c11-10(12)5-1-2-7-6-4(5)3-8-9-6/h1-3H,(H,7,8,9). The Balaban J connectivity index is 2.82. The number of nitrogens with one attached hydrogen (secondary N) is 1. The molecule has 12 heavy (non-hydrogen) atoms. The van der Waals surface area contributed by atoms with E-state index >= 15 is 0 Å². The molecular weight excluding hydrogens is 160 g/mol. The lowest BCUT2D eigenvalue weighted by Crippen LogP contribution is -1.88. The number of rotatable bonds is 1. The molecule has 0 aliphatic heterocycles. The Morgan fingerprint density at radius 3 is 3.17 bits per heavy atom. The number of fused-ring (bicyclic) bond motifs is 1. The molecule has 0 fully saturated rings. The van der Waals surface area contributed by atoms with Crippen molar-refractivity contribution in [3.63, 3.8) is 0 Å². The Bertz CT molecular complexity index is 436. The molecule has 2 aromatic heterocycles. The fourth-order valence-electron chi connectivity index (χ4n) is 0.997. The molecule has 0 bridgehead atoms. The highest BCUT2D eigenvalue weighted by Gasteiger charge is 2.12. The summed E-state index contributed by atoms with van der Waals surface area (Å²) in [5, 5.41) is 17.1. The molecule has 0 spiro atoms. The highest BCUT2D eigenvalue weighted by Crippen LogP contribution is 2.20. The maximum absolute atomic E-state index is 10.4. The number of pyridine rings is 1. The van der Waals surface area contributed by atoms with E-state index < -0.39 is 4.92 Å². The first-order valence-electron chi connectivity index (χ1n) is 3.21. The van der Waals surface area contributed by atoms with Crippen LogP contribution >= 0.6 is 0 Å². The molecule has 60 valence electrons. The maximum atomic E-state index is 10.4. The third-order valence-electron chi connectivity index (χ3n) is 1.53. The number of nitrogens with zero attached hydrogens (tertiary/aromatic N) is 3. The predicted molar refractivity (Wildman–Crippen MR) is 40.5 cm³/mol. The third-order valence-corrected chi connectivity index (χ3v) is 1.53. The Labute approximate surface area is 66.4 Å². The van der Waals surface area contributed by atoms with E-state index in [9.17, 15) is 10.1 Å². The molecule has 0 saturated carbocycles. The van der Waals surface area contributed by atoms with Crippen LogP contribution in [0.15, 0.2) is 18.5 Å². The van der Waals surface area contributed by atoms with E-state index in [0.29, 0.717) is 11.0 Å². The van der Waals surface area contributed by atoms with E-state index in [1.165, 1.54) is 18.5 Å². The van der Waals surface area contributed by atoms with Crippen LogP contribution in [0, 0.1) is 10.1 Å². The van der Waals surface area contributed by atoms with Crippen molar-refractivity contribution in [1.82, 2.24) is 15.2 Å². The number of aromatic nitrogens is 3. The van der Waals surface area contributed by atoms with Crippen LogP contribution in [0.1, 0.15) is 0 Å². The number of H-pyrrole nitrogens is 1. The number of aromatic amines is 1. The Morgan fingerprint density at radius 1 is 1.58 bits per heavy atom. The van der Waals surface area contributed by atoms with Crippen molar-refractivity contribution in [3.8, 4) is 0 Å². The Hall–Kier alpha value is -1.98. The van der Waals surface area contributed by atoms with Crippen molar-refractivity contribution in [2.24, 2.45) is 0 Å². The predicted octanol–water partition coefficient (Wildman–Crippen LogP) is 0.866. The third kappa shape index (κ3) is 0.815. The quantitative estimate of drug-likeness (QED) is 0.500.